The molecule has 0 fully saturated rings. The maximum Gasteiger partial charge on any atom is 0.407 e. The third-order valence-electron chi connectivity index (χ3n) is 3.62. The van der Waals surface area contributed by atoms with Crippen molar-refractivity contribution in [3.63, 3.8) is 0 Å². The molecule has 140 valence electrons. The van der Waals surface area contributed by atoms with Crippen LogP contribution in [0, 0.1) is 11.6 Å². The molecule has 7 nitrogen and oxygen atoms in total. The summed E-state index contributed by atoms with van der Waals surface area (Å²) in [4.78, 5) is 28.5. The van der Waals surface area contributed by atoms with E-state index in [1.54, 1.807) is 20.8 Å². The Morgan fingerprint density at radius 2 is 2.00 bits per heavy atom. The summed E-state index contributed by atoms with van der Waals surface area (Å²) in [6.45, 7) is 5.28. The smallest absolute Gasteiger partial charge is 0.407 e. The first-order valence-electron chi connectivity index (χ1n) is 7.79. The van der Waals surface area contributed by atoms with Crippen LogP contribution in [0.25, 0.3) is 11.3 Å². The maximum absolute atomic E-state index is 13.9. The van der Waals surface area contributed by atoms with E-state index in [4.69, 9.17) is 4.42 Å². The van der Waals surface area contributed by atoms with Crippen molar-refractivity contribution < 1.29 is 27.9 Å². The number of carbonyl (C=O) groups is 2. The van der Waals surface area contributed by atoms with Crippen LogP contribution in [0.2, 0.25) is 0 Å². The molecule has 0 spiro atoms. The van der Waals surface area contributed by atoms with Gasteiger partial charge in [0.15, 0.2) is 17.8 Å². The molecule has 26 heavy (non-hydrogen) atoms. The molecule has 0 saturated carbocycles. The van der Waals surface area contributed by atoms with Gasteiger partial charge in [-0.25, -0.2) is 18.6 Å². The first-order valence-corrected chi connectivity index (χ1v) is 7.79. The summed E-state index contributed by atoms with van der Waals surface area (Å²) in [6.07, 6.45) is -0.131. The second-order valence-corrected chi connectivity index (χ2v) is 6.52. The standard InChI is InChI=1S/C17H19F2N3O4/c1-17(2,3)22(16(24)25)7-6-20-15(23)13-14(26-9-21-13)11-5-4-10(18)8-12(11)19/h4-5,8-9H,6-7H2,1-3H3,(H,20,23)(H,24,25). The molecule has 2 N–H and O–H groups in total. The van der Waals surface area contributed by atoms with Crippen molar-refractivity contribution in [2.75, 3.05) is 13.1 Å². The molecule has 1 aromatic heterocycles. The Labute approximate surface area is 148 Å². The minimum absolute atomic E-state index is 0.0284. The molecule has 2 rings (SSSR count). The predicted octanol–water partition coefficient (Wildman–Crippen LogP) is 3.13. The maximum atomic E-state index is 13.9. The number of nitrogens with one attached hydrogen (secondary N) is 1. The van der Waals surface area contributed by atoms with Crippen molar-refractivity contribution in [3.8, 4) is 11.3 Å². The minimum atomic E-state index is -1.11. The highest BCUT2D eigenvalue weighted by Crippen LogP contribution is 2.26. The average molecular weight is 367 g/mol. The molecule has 0 unspecified atom stereocenters. The number of carboxylic acid groups (broad SMARTS) is 1. The molecular weight excluding hydrogens is 348 g/mol. The van der Waals surface area contributed by atoms with E-state index < -0.39 is 29.2 Å². The number of hydrogen-bond acceptors (Lipinski definition) is 4. The lowest BCUT2D eigenvalue weighted by molar-refractivity contribution is 0.0889. The molecule has 2 amide bonds. The highest BCUT2D eigenvalue weighted by molar-refractivity contribution is 5.97. The second kappa shape index (κ2) is 7.51. The Balaban J connectivity index is 2.10. The van der Waals surface area contributed by atoms with Crippen molar-refractivity contribution in [2.45, 2.75) is 26.3 Å². The van der Waals surface area contributed by atoms with Gasteiger partial charge in [-0.1, -0.05) is 0 Å². The number of oxazole rings is 1. The second-order valence-electron chi connectivity index (χ2n) is 6.52. The predicted molar refractivity (Wildman–Crippen MR) is 88.7 cm³/mol. The van der Waals surface area contributed by atoms with Gasteiger partial charge in [0.2, 0.25) is 0 Å². The SMILES string of the molecule is CC(C)(C)N(CCNC(=O)c1ncoc1-c1ccc(F)cc1F)C(=O)O. The van der Waals surface area contributed by atoms with Gasteiger partial charge in [0.05, 0.1) is 5.56 Å². The Morgan fingerprint density at radius 1 is 1.31 bits per heavy atom. The molecule has 0 aliphatic carbocycles. The van der Waals surface area contributed by atoms with E-state index >= 15 is 0 Å². The van der Waals surface area contributed by atoms with Crippen molar-refractivity contribution in [1.29, 1.82) is 0 Å². The average Bonchev–Trinajstić information content (AvgIpc) is 2.99. The molecule has 0 aliphatic rings. The third-order valence-corrected chi connectivity index (χ3v) is 3.62. The number of amides is 2. The van der Waals surface area contributed by atoms with Crippen molar-refractivity contribution >= 4 is 12.0 Å². The quantitative estimate of drug-likeness (QED) is 0.846. The van der Waals surface area contributed by atoms with Gasteiger partial charge in [0.1, 0.15) is 11.6 Å². The monoisotopic (exact) mass is 367 g/mol. The molecule has 0 radical (unpaired) electrons. The minimum Gasteiger partial charge on any atom is -0.465 e. The van der Waals surface area contributed by atoms with Gasteiger partial charge in [-0.3, -0.25) is 4.79 Å². The lowest BCUT2D eigenvalue weighted by Crippen LogP contribution is -2.48. The van der Waals surface area contributed by atoms with Crippen LogP contribution in [0.3, 0.4) is 0 Å². The van der Waals surface area contributed by atoms with Gasteiger partial charge in [-0.2, -0.15) is 0 Å². The lowest BCUT2D eigenvalue weighted by Gasteiger charge is -2.33. The normalized spacial score (nSPS) is 11.3. The van der Waals surface area contributed by atoms with Crippen molar-refractivity contribution in [3.05, 3.63) is 41.9 Å². The topological polar surface area (TPSA) is 95.7 Å². The van der Waals surface area contributed by atoms with Crippen molar-refractivity contribution in [1.82, 2.24) is 15.2 Å². The molecule has 0 saturated heterocycles. The summed E-state index contributed by atoms with van der Waals surface area (Å²) in [6, 6.07) is 2.86. The zero-order valence-electron chi connectivity index (χ0n) is 14.5. The molecule has 0 aliphatic heterocycles. The van der Waals surface area contributed by atoms with Crippen LogP contribution in [-0.4, -0.2) is 45.6 Å². The Morgan fingerprint density at radius 3 is 2.58 bits per heavy atom. The first-order chi connectivity index (χ1) is 12.1. The molecule has 0 bridgehead atoms. The van der Waals surface area contributed by atoms with E-state index in [2.05, 4.69) is 10.3 Å². The highest BCUT2D eigenvalue weighted by Gasteiger charge is 2.26. The van der Waals surface area contributed by atoms with Crippen molar-refractivity contribution in [2.24, 2.45) is 0 Å². The fraction of sp³-hybridized carbons (Fsp3) is 0.353. The van der Waals surface area contributed by atoms with Crippen LogP contribution in [0.1, 0.15) is 31.3 Å². The summed E-state index contributed by atoms with van der Waals surface area (Å²) in [7, 11) is 0. The molecule has 0 atom stereocenters. The molecule has 2 aromatic rings. The van der Waals surface area contributed by atoms with Gasteiger partial charge in [-0.05, 0) is 32.9 Å². The Hall–Kier alpha value is -2.97. The zero-order valence-corrected chi connectivity index (χ0v) is 14.5. The number of halogens is 2. The lowest BCUT2D eigenvalue weighted by atomic mass is 10.1. The van der Waals surface area contributed by atoms with Gasteiger partial charge in [0, 0.05) is 24.7 Å². The van der Waals surface area contributed by atoms with Crippen LogP contribution in [0.15, 0.2) is 29.0 Å². The van der Waals surface area contributed by atoms with E-state index in [9.17, 15) is 23.5 Å². The van der Waals surface area contributed by atoms with Crippen LogP contribution in [0.5, 0.6) is 0 Å². The number of aromatic nitrogens is 1. The summed E-state index contributed by atoms with van der Waals surface area (Å²) < 4.78 is 32.0. The third kappa shape index (κ3) is 4.35. The van der Waals surface area contributed by atoms with Crippen LogP contribution >= 0.6 is 0 Å². The number of carbonyl (C=O) groups excluding carboxylic acids is 1. The van der Waals surface area contributed by atoms with E-state index in [1.807, 2.05) is 0 Å². The van der Waals surface area contributed by atoms with Gasteiger partial charge >= 0.3 is 6.09 Å². The van der Waals surface area contributed by atoms with Gasteiger partial charge < -0.3 is 19.7 Å². The Kier molecular flexibility index (Phi) is 5.59. The van der Waals surface area contributed by atoms with Gasteiger partial charge in [0.25, 0.3) is 5.91 Å². The summed E-state index contributed by atoms with van der Waals surface area (Å²) in [5, 5.41) is 11.7. The molecule has 9 heteroatoms. The fourth-order valence-electron chi connectivity index (χ4n) is 2.36. The molecular formula is C17H19F2N3O4. The first kappa shape index (κ1) is 19.4. The summed E-state index contributed by atoms with van der Waals surface area (Å²) in [5.41, 5.74) is -0.906. The molecule has 1 heterocycles. The zero-order chi connectivity index (χ0) is 19.5. The van der Waals surface area contributed by atoms with Crippen LogP contribution in [-0.2, 0) is 0 Å². The largest absolute Gasteiger partial charge is 0.465 e. The summed E-state index contributed by atoms with van der Waals surface area (Å²) >= 11 is 0. The number of benzene rings is 1. The van der Waals surface area contributed by atoms with E-state index in [-0.39, 0.29) is 30.1 Å². The van der Waals surface area contributed by atoms with E-state index in [0.29, 0.717) is 6.07 Å². The summed E-state index contributed by atoms with van der Waals surface area (Å²) in [5.74, 6) is -2.43. The highest BCUT2D eigenvalue weighted by atomic mass is 19.1. The molecule has 1 aromatic carbocycles. The van der Waals surface area contributed by atoms with Gasteiger partial charge in [-0.15, -0.1) is 0 Å². The Bertz CT molecular complexity index is 815. The van der Waals surface area contributed by atoms with Crippen LogP contribution in [0.4, 0.5) is 13.6 Å². The number of nitrogens with zero attached hydrogens (tertiary/aromatic N) is 2. The fourth-order valence-corrected chi connectivity index (χ4v) is 2.36. The van der Waals surface area contributed by atoms with E-state index in [0.717, 1.165) is 18.5 Å². The number of hydrogen-bond donors (Lipinski definition) is 2. The van der Waals surface area contributed by atoms with E-state index in [1.165, 1.54) is 4.90 Å². The number of rotatable bonds is 5. The van der Waals surface area contributed by atoms with Crippen LogP contribution < -0.4 is 5.32 Å².